The van der Waals surface area contributed by atoms with Gasteiger partial charge in [-0.25, -0.2) is 8.42 Å². The minimum atomic E-state index is -3.32. The van der Waals surface area contributed by atoms with Gasteiger partial charge in [0.25, 0.3) is 0 Å². The molecular weight excluding hydrogens is 310 g/mol. The molecule has 0 bridgehead atoms. The molecule has 1 aromatic rings. The van der Waals surface area contributed by atoms with Gasteiger partial charge in [0.1, 0.15) is 5.75 Å². The van der Waals surface area contributed by atoms with Crippen molar-refractivity contribution in [1.82, 2.24) is 0 Å². The predicted octanol–water partition coefficient (Wildman–Crippen LogP) is 2.94. The molecule has 2 aliphatic rings. The molecule has 5 heteroatoms. The first-order valence-corrected chi connectivity index (χ1v) is 10.2. The molecule has 0 radical (unpaired) electrons. The van der Waals surface area contributed by atoms with Crippen LogP contribution in [0.1, 0.15) is 48.8 Å². The monoisotopic (exact) mass is 335 g/mol. The molecule has 0 atom stereocenters. The second-order valence-corrected chi connectivity index (χ2v) is 9.22. The van der Waals surface area contributed by atoms with E-state index in [-0.39, 0.29) is 16.9 Å². The van der Waals surface area contributed by atoms with Gasteiger partial charge in [0.2, 0.25) is 5.91 Å². The van der Waals surface area contributed by atoms with Gasteiger partial charge in [-0.1, -0.05) is 18.9 Å². The van der Waals surface area contributed by atoms with Crippen molar-refractivity contribution >= 4 is 21.4 Å². The van der Waals surface area contributed by atoms with Crippen LogP contribution < -0.4 is 4.90 Å². The van der Waals surface area contributed by atoms with Gasteiger partial charge >= 0.3 is 0 Å². The number of aryl methyl sites for hydroxylation is 2. The first kappa shape index (κ1) is 16.5. The number of carbonyl (C=O) groups is 1. The molecule has 1 saturated carbocycles. The number of amides is 1. The van der Waals surface area contributed by atoms with Crippen LogP contribution in [0, 0.1) is 13.8 Å². The molecule has 1 aromatic carbocycles. The maximum absolute atomic E-state index is 12.7. The van der Waals surface area contributed by atoms with Crippen LogP contribution in [0.25, 0.3) is 0 Å². The molecule has 3 rings (SSSR count). The van der Waals surface area contributed by atoms with Crippen LogP contribution in [0.3, 0.4) is 0 Å². The predicted molar refractivity (Wildman–Crippen MR) is 92.6 cm³/mol. The summed E-state index contributed by atoms with van der Waals surface area (Å²) in [6.45, 7) is 4.70. The maximum Gasteiger partial charge on any atom is 0.242 e. The second kappa shape index (κ2) is 6.27. The van der Waals surface area contributed by atoms with Gasteiger partial charge in [-0.15, -0.1) is 0 Å². The standard InChI is InChI=1S/C18H25NO3S/c1-13-10-14(2)16-8-5-9-19(17(16)11-13)18(20)12-23(21,22)15-6-3-4-7-15/h10-11,15H,3-9,12H2,1-2H3. The average molecular weight is 335 g/mol. The first-order chi connectivity index (χ1) is 10.9. The summed E-state index contributed by atoms with van der Waals surface area (Å²) in [7, 11) is -3.32. The highest BCUT2D eigenvalue weighted by molar-refractivity contribution is 7.92. The summed E-state index contributed by atoms with van der Waals surface area (Å²) in [5.41, 5.74) is 4.41. The lowest BCUT2D eigenvalue weighted by molar-refractivity contribution is -0.116. The minimum absolute atomic E-state index is 0.261. The summed E-state index contributed by atoms with van der Waals surface area (Å²) in [4.78, 5) is 14.4. The van der Waals surface area contributed by atoms with E-state index in [1.54, 1.807) is 4.90 Å². The van der Waals surface area contributed by atoms with E-state index in [0.29, 0.717) is 19.4 Å². The number of hydrogen-bond donors (Lipinski definition) is 0. The molecule has 0 spiro atoms. The Bertz CT molecular complexity index is 718. The van der Waals surface area contributed by atoms with Gasteiger partial charge in [-0.2, -0.15) is 0 Å². The quantitative estimate of drug-likeness (QED) is 0.853. The third-order valence-corrected chi connectivity index (χ3v) is 7.27. The van der Waals surface area contributed by atoms with Crippen molar-refractivity contribution in [1.29, 1.82) is 0 Å². The van der Waals surface area contributed by atoms with Gasteiger partial charge in [-0.3, -0.25) is 4.79 Å². The summed E-state index contributed by atoms with van der Waals surface area (Å²) in [6, 6.07) is 4.14. The Morgan fingerprint density at radius 1 is 1.17 bits per heavy atom. The SMILES string of the molecule is Cc1cc(C)c2c(c1)N(C(=O)CS(=O)(=O)C1CCCC1)CCC2. The van der Waals surface area contributed by atoms with Gasteiger partial charge in [0, 0.05) is 12.2 Å². The third kappa shape index (κ3) is 3.30. The molecule has 1 aliphatic heterocycles. The van der Waals surface area contributed by atoms with Crippen molar-refractivity contribution in [3.05, 3.63) is 28.8 Å². The van der Waals surface area contributed by atoms with Crippen LogP contribution in [0.4, 0.5) is 5.69 Å². The minimum Gasteiger partial charge on any atom is -0.311 e. The number of hydrogen-bond acceptors (Lipinski definition) is 3. The van der Waals surface area contributed by atoms with Gasteiger partial charge < -0.3 is 4.90 Å². The van der Waals surface area contributed by atoms with Crippen LogP contribution in [0.5, 0.6) is 0 Å². The van der Waals surface area contributed by atoms with Crippen LogP contribution >= 0.6 is 0 Å². The first-order valence-electron chi connectivity index (χ1n) is 8.50. The van der Waals surface area contributed by atoms with E-state index in [1.165, 1.54) is 11.1 Å². The number of sulfone groups is 1. The molecule has 0 unspecified atom stereocenters. The Labute approximate surface area is 138 Å². The highest BCUT2D eigenvalue weighted by Gasteiger charge is 2.33. The molecule has 4 nitrogen and oxygen atoms in total. The van der Waals surface area contributed by atoms with Gasteiger partial charge in [0.15, 0.2) is 9.84 Å². The lowest BCUT2D eigenvalue weighted by Crippen LogP contribution is -2.41. The molecule has 1 aliphatic carbocycles. The van der Waals surface area contributed by atoms with Crippen molar-refractivity contribution in [2.45, 2.75) is 57.6 Å². The summed E-state index contributed by atoms with van der Waals surface area (Å²) < 4.78 is 25.0. The fraction of sp³-hybridized carbons (Fsp3) is 0.611. The van der Waals surface area contributed by atoms with Gasteiger partial charge in [-0.05, 0) is 62.3 Å². The normalized spacial score (nSPS) is 19.0. The fourth-order valence-corrected chi connectivity index (χ4v) is 5.74. The molecule has 0 N–H and O–H groups in total. The van der Waals surface area contributed by atoms with E-state index in [9.17, 15) is 13.2 Å². The van der Waals surface area contributed by atoms with E-state index in [2.05, 4.69) is 13.0 Å². The second-order valence-electron chi connectivity index (χ2n) is 6.94. The molecule has 1 heterocycles. The van der Waals surface area contributed by atoms with Crippen molar-refractivity contribution in [2.75, 3.05) is 17.2 Å². The number of nitrogens with zero attached hydrogens (tertiary/aromatic N) is 1. The van der Waals surface area contributed by atoms with Crippen LogP contribution in [-0.2, 0) is 21.1 Å². The molecular formula is C18H25NO3S. The Kier molecular flexibility index (Phi) is 4.50. The zero-order valence-electron chi connectivity index (χ0n) is 14.0. The zero-order valence-corrected chi connectivity index (χ0v) is 14.8. The van der Waals surface area contributed by atoms with Crippen molar-refractivity contribution in [3.8, 4) is 0 Å². The van der Waals surface area contributed by atoms with E-state index < -0.39 is 9.84 Å². The summed E-state index contributed by atoms with van der Waals surface area (Å²) >= 11 is 0. The highest BCUT2D eigenvalue weighted by atomic mass is 32.2. The number of anilines is 1. The molecule has 126 valence electrons. The Balaban J connectivity index is 1.84. The van der Waals surface area contributed by atoms with E-state index in [4.69, 9.17) is 0 Å². The number of carbonyl (C=O) groups excluding carboxylic acids is 1. The maximum atomic E-state index is 12.7. The fourth-order valence-electron chi connectivity index (χ4n) is 3.95. The van der Waals surface area contributed by atoms with Crippen LogP contribution in [-0.4, -0.2) is 31.9 Å². The molecule has 1 fully saturated rings. The molecule has 23 heavy (non-hydrogen) atoms. The topological polar surface area (TPSA) is 54.5 Å². The third-order valence-electron chi connectivity index (χ3n) is 5.13. The van der Waals surface area contributed by atoms with E-state index >= 15 is 0 Å². The average Bonchev–Trinajstić information content (AvgIpc) is 3.01. The number of rotatable bonds is 3. The summed E-state index contributed by atoms with van der Waals surface area (Å²) in [5.74, 6) is -0.604. The van der Waals surface area contributed by atoms with Crippen molar-refractivity contribution in [2.24, 2.45) is 0 Å². The van der Waals surface area contributed by atoms with Crippen molar-refractivity contribution in [3.63, 3.8) is 0 Å². The lowest BCUT2D eigenvalue weighted by Gasteiger charge is -2.31. The molecule has 0 aromatic heterocycles. The smallest absolute Gasteiger partial charge is 0.242 e. The molecule has 0 saturated heterocycles. The zero-order chi connectivity index (χ0) is 16.6. The Morgan fingerprint density at radius 3 is 2.57 bits per heavy atom. The van der Waals surface area contributed by atoms with Crippen LogP contribution in [0.15, 0.2) is 12.1 Å². The molecule has 1 amide bonds. The van der Waals surface area contributed by atoms with Gasteiger partial charge in [0.05, 0.1) is 5.25 Å². The summed E-state index contributed by atoms with van der Waals surface area (Å²) in [6.07, 6.45) is 5.20. The highest BCUT2D eigenvalue weighted by Crippen LogP contribution is 2.32. The van der Waals surface area contributed by atoms with E-state index in [0.717, 1.165) is 36.9 Å². The largest absolute Gasteiger partial charge is 0.311 e. The lowest BCUT2D eigenvalue weighted by atomic mass is 9.95. The number of benzene rings is 1. The Morgan fingerprint density at radius 2 is 1.87 bits per heavy atom. The van der Waals surface area contributed by atoms with E-state index in [1.807, 2.05) is 13.0 Å². The summed E-state index contributed by atoms with van der Waals surface area (Å²) in [5, 5.41) is -0.310. The Hall–Kier alpha value is -1.36. The van der Waals surface area contributed by atoms with Crippen molar-refractivity contribution < 1.29 is 13.2 Å². The van der Waals surface area contributed by atoms with Crippen LogP contribution in [0.2, 0.25) is 0 Å². The number of fused-ring (bicyclic) bond motifs is 1.